The summed E-state index contributed by atoms with van der Waals surface area (Å²) in [7, 11) is 0. The summed E-state index contributed by atoms with van der Waals surface area (Å²) in [5.41, 5.74) is 0.805. The summed E-state index contributed by atoms with van der Waals surface area (Å²) in [5.74, 6) is -0.442. The van der Waals surface area contributed by atoms with E-state index in [2.05, 4.69) is 0 Å². The van der Waals surface area contributed by atoms with Crippen LogP contribution in [0.4, 0.5) is 4.39 Å². The number of rotatable bonds is 6. The molecule has 0 saturated carbocycles. The predicted octanol–water partition coefficient (Wildman–Crippen LogP) is 2.81. The van der Waals surface area contributed by atoms with Crippen molar-refractivity contribution in [2.24, 2.45) is 0 Å². The molecule has 0 heterocycles. The van der Waals surface area contributed by atoms with Crippen LogP contribution < -0.4 is 0 Å². The first-order chi connectivity index (χ1) is 7.63. The second kappa shape index (κ2) is 6.84. The van der Waals surface area contributed by atoms with Gasteiger partial charge in [-0.3, -0.25) is 0 Å². The minimum absolute atomic E-state index is 0.0826. The molecule has 0 aliphatic heterocycles. The van der Waals surface area contributed by atoms with Gasteiger partial charge in [-0.25, -0.2) is 4.39 Å². The number of aliphatic hydroxyl groups is 1. The minimum atomic E-state index is -0.576. The molecule has 4 heteroatoms. The van der Waals surface area contributed by atoms with Crippen LogP contribution in [0.25, 0.3) is 0 Å². The fourth-order valence-electron chi connectivity index (χ4n) is 1.36. The third kappa shape index (κ3) is 4.47. The highest BCUT2D eigenvalue weighted by Crippen LogP contribution is 2.17. The number of ether oxygens (including phenoxy) is 1. The molecule has 1 atom stereocenters. The van der Waals surface area contributed by atoms with Crippen LogP contribution in [0.5, 0.6) is 0 Å². The summed E-state index contributed by atoms with van der Waals surface area (Å²) in [6.45, 7) is 2.94. The zero-order chi connectivity index (χ0) is 12.0. The number of halogens is 2. The first kappa shape index (κ1) is 13.4. The average molecular weight is 247 g/mol. The highest BCUT2D eigenvalue weighted by molar-refractivity contribution is 6.30. The van der Waals surface area contributed by atoms with Gasteiger partial charge in [0.1, 0.15) is 5.82 Å². The molecule has 0 spiro atoms. The van der Waals surface area contributed by atoms with Crippen LogP contribution in [0.2, 0.25) is 5.02 Å². The van der Waals surface area contributed by atoms with Gasteiger partial charge in [0, 0.05) is 13.0 Å². The number of aliphatic hydroxyl groups excluding tert-OH is 1. The van der Waals surface area contributed by atoms with E-state index in [9.17, 15) is 9.50 Å². The summed E-state index contributed by atoms with van der Waals surface area (Å²) in [5, 5.41) is 9.71. The molecule has 1 rings (SSSR count). The monoisotopic (exact) mass is 246 g/mol. The number of hydrogen-bond donors (Lipinski definition) is 1. The Balaban J connectivity index is 2.43. The molecule has 1 N–H and O–H groups in total. The molecule has 0 aliphatic carbocycles. The van der Waals surface area contributed by atoms with E-state index in [0.29, 0.717) is 19.6 Å². The Hall–Kier alpha value is -0.640. The molecule has 0 bridgehead atoms. The van der Waals surface area contributed by atoms with Gasteiger partial charge < -0.3 is 9.84 Å². The van der Waals surface area contributed by atoms with Crippen molar-refractivity contribution in [2.45, 2.75) is 25.9 Å². The molecule has 0 aliphatic rings. The normalized spacial score (nSPS) is 12.8. The van der Waals surface area contributed by atoms with Gasteiger partial charge in [0.05, 0.1) is 17.7 Å². The van der Waals surface area contributed by atoms with E-state index in [1.54, 1.807) is 6.07 Å². The molecule has 1 unspecified atom stereocenters. The third-order valence-electron chi connectivity index (χ3n) is 2.11. The van der Waals surface area contributed by atoms with Gasteiger partial charge in [0.25, 0.3) is 0 Å². The predicted molar refractivity (Wildman–Crippen MR) is 62.2 cm³/mol. The average Bonchev–Trinajstić information content (AvgIpc) is 2.24. The van der Waals surface area contributed by atoms with Crippen molar-refractivity contribution < 1.29 is 14.2 Å². The fraction of sp³-hybridized carbons (Fsp3) is 0.500. The van der Waals surface area contributed by atoms with Crippen LogP contribution in [0.3, 0.4) is 0 Å². The van der Waals surface area contributed by atoms with E-state index < -0.39 is 11.9 Å². The topological polar surface area (TPSA) is 29.5 Å². The summed E-state index contributed by atoms with van der Waals surface area (Å²) in [4.78, 5) is 0. The second-order valence-electron chi connectivity index (χ2n) is 3.68. The molecule has 0 fully saturated rings. The SMILES string of the molecule is CCCOCC(O)Cc1ccc(F)c(Cl)c1. The molecule has 0 amide bonds. The fourth-order valence-corrected chi connectivity index (χ4v) is 1.56. The van der Waals surface area contributed by atoms with E-state index in [0.717, 1.165) is 12.0 Å². The Morgan fingerprint density at radius 2 is 2.25 bits per heavy atom. The molecular weight excluding hydrogens is 231 g/mol. The van der Waals surface area contributed by atoms with Gasteiger partial charge in [-0.1, -0.05) is 24.6 Å². The van der Waals surface area contributed by atoms with Crippen LogP contribution >= 0.6 is 11.6 Å². The summed E-state index contributed by atoms with van der Waals surface area (Å²) >= 11 is 5.64. The van der Waals surface area contributed by atoms with E-state index in [-0.39, 0.29) is 5.02 Å². The van der Waals surface area contributed by atoms with Crippen molar-refractivity contribution >= 4 is 11.6 Å². The van der Waals surface area contributed by atoms with E-state index in [1.165, 1.54) is 12.1 Å². The van der Waals surface area contributed by atoms with Gasteiger partial charge in [0.15, 0.2) is 0 Å². The molecule has 16 heavy (non-hydrogen) atoms. The first-order valence-electron chi connectivity index (χ1n) is 5.33. The van der Waals surface area contributed by atoms with Crippen LogP contribution in [-0.4, -0.2) is 24.4 Å². The summed E-state index contributed by atoms with van der Waals surface area (Å²) in [6, 6.07) is 4.45. The molecule has 0 radical (unpaired) electrons. The Morgan fingerprint density at radius 1 is 1.50 bits per heavy atom. The summed E-state index contributed by atoms with van der Waals surface area (Å²) < 4.78 is 18.1. The van der Waals surface area contributed by atoms with Gasteiger partial charge in [-0.05, 0) is 24.1 Å². The van der Waals surface area contributed by atoms with Gasteiger partial charge in [0.2, 0.25) is 0 Å². The molecule has 90 valence electrons. The van der Waals surface area contributed by atoms with E-state index in [4.69, 9.17) is 16.3 Å². The van der Waals surface area contributed by atoms with Gasteiger partial charge >= 0.3 is 0 Å². The smallest absolute Gasteiger partial charge is 0.141 e. The molecule has 1 aromatic carbocycles. The lowest BCUT2D eigenvalue weighted by atomic mass is 10.1. The molecular formula is C12H16ClFO2. The number of benzene rings is 1. The highest BCUT2D eigenvalue weighted by atomic mass is 35.5. The lowest BCUT2D eigenvalue weighted by Gasteiger charge is -2.11. The maximum absolute atomic E-state index is 12.9. The third-order valence-corrected chi connectivity index (χ3v) is 2.40. The Labute approximate surface area is 100.0 Å². The van der Waals surface area contributed by atoms with Crippen molar-refractivity contribution in [3.05, 3.63) is 34.6 Å². The number of hydrogen-bond acceptors (Lipinski definition) is 2. The van der Waals surface area contributed by atoms with Crippen molar-refractivity contribution in [1.82, 2.24) is 0 Å². The Morgan fingerprint density at radius 3 is 2.88 bits per heavy atom. The van der Waals surface area contributed by atoms with Crippen LogP contribution in [-0.2, 0) is 11.2 Å². The Kier molecular flexibility index (Phi) is 5.74. The maximum atomic E-state index is 12.9. The zero-order valence-electron chi connectivity index (χ0n) is 9.25. The lowest BCUT2D eigenvalue weighted by Crippen LogP contribution is -2.18. The molecule has 2 nitrogen and oxygen atoms in total. The molecule has 1 aromatic rings. The van der Waals surface area contributed by atoms with Crippen molar-refractivity contribution in [1.29, 1.82) is 0 Å². The van der Waals surface area contributed by atoms with Gasteiger partial charge in [-0.2, -0.15) is 0 Å². The van der Waals surface area contributed by atoms with Crippen LogP contribution in [0.1, 0.15) is 18.9 Å². The first-order valence-corrected chi connectivity index (χ1v) is 5.71. The standard InChI is InChI=1S/C12H16ClFO2/c1-2-5-16-8-10(15)6-9-3-4-12(14)11(13)7-9/h3-4,7,10,15H,2,5-6,8H2,1H3. The van der Waals surface area contributed by atoms with Crippen molar-refractivity contribution in [2.75, 3.05) is 13.2 Å². The quantitative estimate of drug-likeness (QED) is 0.783. The van der Waals surface area contributed by atoms with Crippen molar-refractivity contribution in [3.8, 4) is 0 Å². The maximum Gasteiger partial charge on any atom is 0.141 e. The highest BCUT2D eigenvalue weighted by Gasteiger charge is 2.07. The van der Waals surface area contributed by atoms with Crippen LogP contribution in [0.15, 0.2) is 18.2 Å². The molecule has 0 aromatic heterocycles. The van der Waals surface area contributed by atoms with Crippen molar-refractivity contribution in [3.63, 3.8) is 0 Å². The van der Waals surface area contributed by atoms with Gasteiger partial charge in [-0.15, -0.1) is 0 Å². The second-order valence-corrected chi connectivity index (χ2v) is 4.09. The van der Waals surface area contributed by atoms with E-state index in [1.807, 2.05) is 6.92 Å². The lowest BCUT2D eigenvalue weighted by molar-refractivity contribution is 0.0374. The molecule has 0 saturated heterocycles. The van der Waals surface area contributed by atoms with E-state index >= 15 is 0 Å². The largest absolute Gasteiger partial charge is 0.390 e. The van der Waals surface area contributed by atoms with Crippen LogP contribution in [0, 0.1) is 5.82 Å². The Bertz CT molecular complexity index is 331. The summed E-state index contributed by atoms with van der Waals surface area (Å²) in [6.07, 6.45) is 0.770. The minimum Gasteiger partial charge on any atom is -0.390 e. The zero-order valence-corrected chi connectivity index (χ0v) is 10.0.